The zero-order valence-electron chi connectivity index (χ0n) is 10.5. The first kappa shape index (κ1) is 12.6. The predicted molar refractivity (Wildman–Crippen MR) is 73.7 cm³/mol. The van der Waals surface area contributed by atoms with Gasteiger partial charge in [-0.2, -0.15) is 0 Å². The number of ether oxygens (including phenoxy) is 1. The summed E-state index contributed by atoms with van der Waals surface area (Å²) in [4.78, 5) is 4.10. The van der Waals surface area contributed by atoms with E-state index >= 15 is 0 Å². The quantitative estimate of drug-likeness (QED) is 0.845. The van der Waals surface area contributed by atoms with Gasteiger partial charge in [-0.1, -0.05) is 30.3 Å². The van der Waals surface area contributed by atoms with Crippen molar-refractivity contribution in [2.45, 2.75) is 12.5 Å². The SMILES string of the molecule is COC[C@@H](Cc1ccccc1)Nc1cccnc1. The third-order valence-corrected chi connectivity index (χ3v) is 2.73. The van der Waals surface area contributed by atoms with E-state index in [-0.39, 0.29) is 6.04 Å². The second-order valence-electron chi connectivity index (χ2n) is 4.23. The van der Waals surface area contributed by atoms with E-state index in [1.54, 1.807) is 13.3 Å². The molecule has 0 saturated carbocycles. The number of anilines is 1. The molecule has 1 heterocycles. The third-order valence-electron chi connectivity index (χ3n) is 2.73. The van der Waals surface area contributed by atoms with Crippen LogP contribution in [0.3, 0.4) is 0 Å². The van der Waals surface area contributed by atoms with Crippen LogP contribution in [0.25, 0.3) is 0 Å². The number of hydrogen-bond acceptors (Lipinski definition) is 3. The van der Waals surface area contributed by atoms with Crippen LogP contribution < -0.4 is 5.32 Å². The van der Waals surface area contributed by atoms with Crippen LogP contribution in [-0.2, 0) is 11.2 Å². The Morgan fingerprint density at radius 3 is 2.67 bits per heavy atom. The highest BCUT2D eigenvalue weighted by atomic mass is 16.5. The first-order chi connectivity index (χ1) is 8.88. The summed E-state index contributed by atoms with van der Waals surface area (Å²) < 4.78 is 5.27. The Morgan fingerprint density at radius 1 is 1.17 bits per heavy atom. The summed E-state index contributed by atoms with van der Waals surface area (Å²) in [6.07, 6.45) is 4.53. The lowest BCUT2D eigenvalue weighted by molar-refractivity contribution is 0.185. The van der Waals surface area contributed by atoms with Crippen molar-refractivity contribution in [1.29, 1.82) is 0 Å². The molecule has 1 aromatic heterocycles. The third kappa shape index (κ3) is 3.86. The molecular weight excluding hydrogens is 224 g/mol. The molecule has 0 amide bonds. The first-order valence-electron chi connectivity index (χ1n) is 6.08. The van der Waals surface area contributed by atoms with Crippen LogP contribution in [0.5, 0.6) is 0 Å². The van der Waals surface area contributed by atoms with E-state index < -0.39 is 0 Å². The van der Waals surface area contributed by atoms with Crippen LogP contribution in [-0.4, -0.2) is 24.7 Å². The van der Waals surface area contributed by atoms with E-state index in [1.165, 1.54) is 5.56 Å². The van der Waals surface area contributed by atoms with Crippen LogP contribution in [0.2, 0.25) is 0 Å². The van der Waals surface area contributed by atoms with E-state index in [9.17, 15) is 0 Å². The topological polar surface area (TPSA) is 34.1 Å². The minimum Gasteiger partial charge on any atom is -0.383 e. The van der Waals surface area contributed by atoms with Crippen molar-refractivity contribution in [3.8, 4) is 0 Å². The standard InChI is InChI=1S/C15H18N2O/c1-18-12-15(10-13-6-3-2-4-7-13)17-14-8-5-9-16-11-14/h2-9,11,15,17H,10,12H2,1H3/t15-/m1/s1. The summed E-state index contributed by atoms with van der Waals surface area (Å²) in [7, 11) is 1.73. The van der Waals surface area contributed by atoms with Crippen LogP contribution in [0, 0.1) is 0 Å². The van der Waals surface area contributed by atoms with Crippen molar-refractivity contribution >= 4 is 5.69 Å². The lowest BCUT2D eigenvalue weighted by Crippen LogP contribution is -2.27. The van der Waals surface area contributed by atoms with Gasteiger partial charge >= 0.3 is 0 Å². The second kappa shape index (κ2) is 6.77. The monoisotopic (exact) mass is 242 g/mol. The summed E-state index contributed by atoms with van der Waals surface area (Å²) in [6, 6.07) is 14.6. The Balaban J connectivity index is 2.00. The van der Waals surface area contributed by atoms with Crippen molar-refractivity contribution < 1.29 is 4.74 Å². The number of nitrogens with one attached hydrogen (secondary N) is 1. The minimum absolute atomic E-state index is 0.251. The normalized spacial score (nSPS) is 12.1. The van der Waals surface area contributed by atoms with E-state index in [4.69, 9.17) is 4.74 Å². The Bertz CT molecular complexity index is 403. The lowest BCUT2D eigenvalue weighted by Gasteiger charge is -2.19. The average Bonchev–Trinajstić information content (AvgIpc) is 2.41. The van der Waals surface area contributed by atoms with Crippen molar-refractivity contribution in [2.75, 3.05) is 19.0 Å². The number of pyridine rings is 1. The molecule has 0 aliphatic rings. The van der Waals surface area contributed by atoms with Crippen molar-refractivity contribution in [3.63, 3.8) is 0 Å². The maximum Gasteiger partial charge on any atom is 0.0667 e. The molecular formula is C15H18N2O. The minimum atomic E-state index is 0.251. The summed E-state index contributed by atoms with van der Waals surface area (Å²) in [5.74, 6) is 0. The second-order valence-corrected chi connectivity index (χ2v) is 4.23. The van der Waals surface area contributed by atoms with E-state index in [1.807, 2.05) is 24.4 Å². The van der Waals surface area contributed by atoms with Crippen molar-refractivity contribution in [1.82, 2.24) is 4.98 Å². The van der Waals surface area contributed by atoms with Crippen molar-refractivity contribution in [2.24, 2.45) is 0 Å². The molecule has 94 valence electrons. The van der Waals surface area contributed by atoms with Gasteiger partial charge in [0.2, 0.25) is 0 Å². The Kier molecular flexibility index (Phi) is 4.73. The first-order valence-corrected chi connectivity index (χ1v) is 6.08. The highest BCUT2D eigenvalue weighted by Gasteiger charge is 2.09. The van der Waals surface area contributed by atoms with Gasteiger partial charge < -0.3 is 10.1 Å². The van der Waals surface area contributed by atoms with Crippen LogP contribution in [0.15, 0.2) is 54.9 Å². The molecule has 3 heteroatoms. The molecule has 1 N–H and O–H groups in total. The van der Waals surface area contributed by atoms with Gasteiger partial charge in [-0.15, -0.1) is 0 Å². The molecule has 0 fully saturated rings. The van der Waals surface area contributed by atoms with E-state index in [0.29, 0.717) is 6.61 Å². The molecule has 0 aliphatic carbocycles. The fourth-order valence-corrected chi connectivity index (χ4v) is 1.94. The van der Waals surface area contributed by atoms with Crippen LogP contribution >= 0.6 is 0 Å². The Labute approximate surface area is 108 Å². The molecule has 1 aromatic carbocycles. The maximum atomic E-state index is 5.27. The fourth-order valence-electron chi connectivity index (χ4n) is 1.94. The van der Waals surface area contributed by atoms with Gasteiger partial charge in [0, 0.05) is 19.5 Å². The molecule has 0 radical (unpaired) electrons. The van der Waals surface area contributed by atoms with Crippen molar-refractivity contribution in [3.05, 3.63) is 60.4 Å². The largest absolute Gasteiger partial charge is 0.383 e. The molecule has 18 heavy (non-hydrogen) atoms. The van der Waals surface area contributed by atoms with Crippen LogP contribution in [0.1, 0.15) is 5.56 Å². The van der Waals surface area contributed by atoms with E-state index in [2.05, 4.69) is 34.6 Å². The molecule has 0 bridgehead atoms. The molecule has 2 rings (SSSR count). The number of benzene rings is 1. The van der Waals surface area contributed by atoms with Gasteiger partial charge in [0.1, 0.15) is 0 Å². The lowest BCUT2D eigenvalue weighted by atomic mass is 10.1. The number of methoxy groups -OCH3 is 1. The van der Waals surface area contributed by atoms with Gasteiger partial charge in [0.05, 0.1) is 18.3 Å². The number of rotatable bonds is 6. The number of nitrogens with zero attached hydrogens (tertiary/aromatic N) is 1. The zero-order chi connectivity index (χ0) is 12.6. The molecule has 0 spiro atoms. The summed E-state index contributed by atoms with van der Waals surface area (Å²) >= 11 is 0. The smallest absolute Gasteiger partial charge is 0.0667 e. The highest BCUT2D eigenvalue weighted by Crippen LogP contribution is 2.10. The Hall–Kier alpha value is -1.87. The molecule has 1 atom stereocenters. The number of aromatic nitrogens is 1. The van der Waals surface area contributed by atoms with Gasteiger partial charge in [-0.3, -0.25) is 4.98 Å². The van der Waals surface area contributed by atoms with Gasteiger partial charge in [0.15, 0.2) is 0 Å². The molecule has 0 saturated heterocycles. The maximum absolute atomic E-state index is 5.27. The predicted octanol–water partition coefficient (Wildman–Crippen LogP) is 2.75. The summed E-state index contributed by atoms with van der Waals surface area (Å²) in [5, 5.41) is 3.44. The highest BCUT2D eigenvalue weighted by molar-refractivity contribution is 5.41. The van der Waals surface area contributed by atoms with Crippen LogP contribution in [0.4, 0.5) is 5.69 Å². The molecule has 0 unspecified atom stereocenters. The summed E-state index contributed by atoms with van der Waals surface area (Å²) in [5.41, 5.74) is 2.33. The zero-order valence-corrected chi connectivity index (χ0v) is 10.5. The number of hydrogen-bond donors (Lipinski definition) is 1. The molecule has 0 aliphatic heterocycles. The van der Waals surface area contributed by atoms with E-state index in [0.717, 1.165) is 12.1 Å². The molecule has 2 aromatic rings. The molecule has 3 nitrogen and oxygen atoms in total. The average molecular weight is 242 g/mol. The van der Waals surface area contributed by atoms with Gasteiger partial charge in [0.25, 0.3) is 0 Å². The fraction of sp³-hybridized carbons (Fsp3) is 0.267. The van der Waals surface area contributed by atoms with Gasteiger partial charge in [-0.05, 0) is 24.1 Å². The van der Waals surface area contributed by atoms with Gasteiger partial charge in [-0.25, -0.2) is 0 Å². The Morgan fingerprint density at radius 2 is 2.00 bits per heavy atom. The summed E-state index contributed by atoms with van der Waals surface area (Å²) in [6.45, 7) is 0.670.